The Kier molecular flexibility index (Phi) is 9.52. The summed E-state index contributed by atoms with van der Waals surface area (Å²) in [6.07, 6.45) is 4.60. The molecule has 1 amide bonds. The standard InChI is InChI=1S/C28H33NO4S2/c1-28(2,3)22-15-13-20(14-16-22)19-33-23-11-8-7-10-21(23)18-24-26(31)29(27(34)35-24)17-9-5-6-12-25(30)32-4/h7-8,10-11,13-16,18H,5-6,9,12,17,19H2,1-4H3/b24-18+. The van der Waals surface area contributed by atoms with E-state index in [2.05, 4.69) is 49.8 Å². The summed E-state index contributed by atoms with van der Waals surface area (Å²) >= 11 is 6.77. The van der Waals surface area contributed by atoms with Gasteiger partial charge in [-0.2, -0.15) is 0 Å². The zero-order valence-corrected chi connectivity index (χ0v) is 22.5. The van der Waals surface area contributed by atoms with Crippen molar-refractivity contribution in [2.24, 2.45) is 0 Å². The molecule has 1 aliphatic rings. The Balaban J connectivity index is 1.61. The number of methoxy groups -OCH3 is 1. The van der Waals surface area contributed by atoms with Crippen molar-refractivity contribution in [1.82, 2.24) is 4.90 Å². The minimum atomic E-state index is -0.207. The van der Waals surface area contributed by atoms with E-state index in [0.717, 1.165) is 36.1 Å². The number of thiocarbonyl (C=S) groups is 1. The number of carbonyl (C=O) groups is 2. The van der Waals surface area contributed by atoms with Crippen molar-refractivity contribution in [3.63, 3.8) is 0 Å². The highest BCUT2D eigenvalue weighted by molar-refractivity contribution is 8.26. The highest BCUT2D eigenvalue weighted by Gasteiger charge is 2.31. The fraction of sp³-hybridized carbons (Fsp3) is 0.393. The largest absolute Gasteiger partial charge is 0.488 e. The number of nitrogens with zero attached hydrogens (tertiary/aromatic N) is 1. The Hall–Kier alpha value is -2.64. The Labute approximate surface area is 217 Å². The number of hydrogen-bond donors (Lipinski definition) is 0. The first-order valence-corrected chi connectivity index (χ1v) is 13.0. The average molecular weight is 512 g/mol. The molecule has 0 bridgehead atoms. The molecule has 35 heavy (non-hydrogen) atoms. The van der Waals surface area contributed by atoms with Crippen molar-refractivity contribution in [3.05, 3.63) is 70.1 Å². The van der Waals surface area contributed by atoms with Crippen molar-refractivity contribution >= 4 is 46.3 Å². The molecule has 0 aliphatic carbocycles. The lowest BCUT2D eigenvalue weighted by atomic mass is 9.87. The normalized spacial score (nSPS) is 15.1. The Bertz CT molecular complexity index is 1090. The number of para-hydroxylation sites is 1. The van der Waals surface area contributed by atoms with Gasteiger partial charge in [0, 0.05) is 18.5 Å². The molecule has 186 valence electrons. The molecule has 0 atom stereocenters. The molecule has 1 saturated heterocycles. The summed E-state index contributed by atoms with van der Waals surface area (Å²) < 4.78 is 11.3. The van der Waals surface area contributed by atoms with Crippen LogP contribution in [0.15, 0.2) is 53.4 Å². The van der Waals surface area contributed by atoms with E-state index in [1.165, 1.54) is 24.4 Å². The summed E-state index contributed by atoms with van der Waals surface area (Å²) in [5.74, 6) is 0.433. The quantitative estimate of drug-likeness (QED) is 0.157. The number of amides is 1. The van der Waals surface area contributed by atoms with E-state index in [-0.39, 0.29) is 17.3 Å². The molecule has 5 nitrogen and oxygen atoms in total. The maximum atomic E-state index is 13.0. The SMILES string of the molecule is COC(=O)CCCCCN1C(=O)/C(=C\c2ccccc2OCc2ccc(C(C)(C)C)cc2)SC1=S. The van der Waals surface area contributed by atoms with Crippen LogP contribution in [-0.4, -0.2) is 34.8 Å². The predicted octanol–water partition coefficient (Wildman–Crippen LogP) is 6.50. The number of benzene rings is 2. The second-order valence-corrected chi connectivity index (χ2v) is 11.2. The highest BCUT2D eigenvalue weighted by Crippen LogP contribution is 2.34. The molecule has 1 heterocycles. The molecule has 0 N–H and O–H groups in total. The summed E-state index contributed by atoms with van der Waals surface area (Å²) in [6, 6.07) is 16.2. The summed E-state index contributed by atoms with van der Waals surface area (Å²) in [7, 11) is 1.39. The zero-order chi connectivity index (χ0) is 25.4. The molecule has 3 rings (SSSR count). The van der Waals surface area contributed by atoms with Gasteiger partial charge in [-0.3, -0.25) is 14.5 Å². The van der Waals surface area contributed by atoms with Crippen LogP contribution in [-0.2, 0) is 26.3 Å². The molecule has 0 unspecified atom stereocenters. The van der Waals surface area contributed by atoms with Gasteiger partial charge < -0.3 is 9.47 Å². The van der Waals surface area contributed by atoms with Gasteiger partial charge in [-0.05, 0) is 41.5 Å². The maximum absolute atomic E-state index is 13.0. The van der Waals surface area contributed by atoms with E-state index in [4.69, 9.17) is 17.0 Å². The number of hydrogen-bond acceptors (Lipinski definition) is 6. The van der Waals surface area contributed by atoms with E-state index in [0.29, 0.717) is 28.8 Å². The third kappa shape index (κ3) is 7.67. The Morgan fingerprint density at radius 2 is 1.77 bits per heavy atom. The molecule has 0 spiro atoms. The molecule has 2 aromatic carbocycles. The topological polar surface area (TPSA) is 55.8 Å². The van der Waals surface area contributed by atoms with Gasteiger partial charge in [-0.25, -0.2) is 0 Å². The van der Waals surface area contributed by atoms with Crippen LogP contribution in [0.3, 0.4) is 0 Å². The van der Waals surface area contributed by atoms with Crippen molar-refractivity contribution in [2.45, 2.75) is 58.5 Å². The lowest BCUT2D eigenvalue weighted by Gasteiger charge is -2.19. The van der Waals surface area contributed by atoms with E-state index >= 15 is 0 Å². The van der Waals surface area contributed by atoms with Crippen LogP contribution >= 0.6 is 24.0 Å². The Morgan fingerprint density at radius 1 is 1.06 bits per heavy atom. The molecule has 1 fully saturated rings. The van der Waals surface area contributed by atoms with E-state index in [1.54, 1.807) is 4.90 Å². The molecular weight excluding hydrogens is 478 g/mol. The van der Waals surface area contributed by atoms with Crippen molar-refractivity contribution in [1.29, 1.82) is 0 Å². The summed E-state index contributed by atoms with van der Waals surface area (Å²) in [6.45, 7) is 7.58. The zero-order valence-electron chi connectivity index (χ0n) is 20.8. The monoisotopic (exact) mass is 511 g/mol. The minimum absolute atomic E-state index is 0.0828. The Morgan fingerprint density at radius 3 is 2.46 bits per heavy atom. The van der Waals surface area contributed by atoms with Gasteiger partial charge in [0.25, 0.3) is 5.91 Å². The van der Waals surface area contributed by atoms with E-state index in [9.17, 15) is 9.59 Å². The summed E-state index contributed by atoms with van der Waals surface area (Å²) in [5.41, 5.74) is 3.33. The average Bonchev–Trinajstić information content (AvgIpc) is 3.10. The molecule has 2 aromatic rings. The third-order valence-electron chi connectivity index (χ3n) is 5.78. The predicted molar refractivity (Wildman–Crippen MR) is 146 cm³/mol. The smallest absolute Gasteiger partial charge is 0.305 e. The number of esters is 1. The first kappa shape index (κ1) is 27.0. The number of ether oxygens (including phenoxy) is 2. The van der Waals surface area contributed by atoms with Crippen LogP contribution < -0.4 is 4.74 Å². The lowest BCUT2D eigenvalue weighted by Crippen LogP contribution is -2.29. The van der Waals surface area contributed by atoms with Gasteiger partial charge in [0.1, 0.15) is 16.7 Å². The lowest BCUT2D eigenvalue weighted by molar-refractivity contribution is -0.140. The molecule has 0 saturated carbocycles. The van der Waals surface area contributed by atoms with E-state index in [1.807, 2.05) is 30.3 Å². The summed E-state index contributed by atoms with van der Waals surface area (Å²) in [4.78, 5) is 26.4. The van der Waals surface area contributed by atoms with Crippen LogP contribution in [0.25, 0.3) is 6.08 Å². The highest BCUT2D eigenvalue weighted by atomic mass is 32.2. The van der Waals surface area contributed by atoms with Crippen LogP contribution in [0, 0.1) is 0 Å². The van der Waals surface area contributed by atoms with Crippen molar-refractivity contribution in [2.75, 3.05) is 13.7 Å². The van der Waals surface area contributed by atoms with Crippen molar-refractivity contribution < 1.29 is 19.1 Å². The van der Waals surface area contributed by atoms with Crippen LogP contribution in [0.4, 0.5) is 0 Å². The van der Waals surface area contributed by atoms with Crippen molar-refractivity contribution in [3.8, 4) is 5.75 Å². The molecule has 0 aromatic heterocycles. The maximum Gasteiger partial charge on any atom is 0.305 e. The minimum Gasteiger partial charge on any atom is -0.488 e. The number of unbranched alkanes of at least 4 members (excludes halogenated alkanes) is 2. The van der Waals surface area contributed by atoms with Crippen LogP contribution in [0.5, 0.6) is 5.75 Å². The van der Waals surface area contributed by atoms with Crippen LogP contribution in [0.1, 0.15) is 63.1 Å². The van der Waals surface area contributed by atoms with Crippen LogP contribution in [0.2, 0.25) is 0 Å². The van der Waals surface area contributed by atoms with Gasteiger partial charge in [0.05, 0.1) is 12.0 Å². The molecule has 7 heteroatoms. The van der Waals surface area contributed by atoms with Gasteiger partial charge in [0.15, 0.2) is 0 Å². The van der Waals surface area contributed by atoms with Gasteiger partial charge >= 0.3 is 5.97 Å². The fourth-order valence-corrected chi connectivity index (χ4v) is 4.94. The number of rotatable bonds is 10. The second kappa shape index (κ2) is 12.4. The number of thioether (sulfide) groups is 1. The summed E-state index contributed by atoms with van der Waals surface area (Å²) in [5, 5.41) is 0. The fourth-order valence-electron chi connectivity index (χ4n) is 3.65. The van der Waals surface area contributed by atoms with E-state index < -0.39 is 0 Å². The van der Waals surface area contributed by atoms with Gasteiger partial charge in [0.2, 0.25) is 0 Å². The third-order valence-corrected chi connectivity index (χ3v) is 7.16. The first-order chi connectivity index (χ1) is 16.7. The van der Waals surface area contributed by atoms with Gasteiger partial charge in [-0.15, -0.1) is 0 Å². The van der Waals surface area contributed by atoms with Gasteiger partial charge in [-0.1, -0.05) is 93.6 Å². The molecule has 0 radical (unpaired) electrons. The molecular formula is C28H33NO4S2. The molecule has 1 aliphatic heterocycles. The second-order valence-electron chi connectivity index (χ2n) is 9.49. The first-order valence-electron chi connectivity index (χ1n) is 11.8. The number of carbonyl (C=O) groups excluding carboxylic acids is 2.